The highest BCUT2D eigenvalue weighted by molar-refractivity contribution is 5.89. The van der Waals surface area contributed by atoms with E-state index in [1.165, 1.54) is 5.56 Å². The number of amides is 1. The number of nitrogens with zero attached hydrogens (tertiary/aromatic N) is 1. The van der Waals surface area contributed by atoms with Crippen LogP contribution in [0.25, 0.3) is 0 Å². The predicted octanol–water partition coefficient (Wildman–Crippen LogP) is 2.68. The van der Waals surface area contributed by atoms with Gasteiger partial charge in [-0.1, -0.05) is 12.1 Å². The molecule has 1 saturated carbocycles. The fourth-order valence-corrected chi connectivity index (χ4v) is 3.34. The number of carbonyl (C=O) groups is 1. The first-order chi connectivity index (χ1) is 10.7. The van der Waals surface area contributed by atoms with Crippen molar-refractivity contribution in [1.82, 2.24) is 0 Å². The summed E-state index contributed by atoms with van der Waals surface area (Å²) in [6.45, 7) is 0.951. The van der Waals surface area contributed by atoms with Gasteiger partial charge in [0.05, 0.1) is 19.3 Å². The van der Waals surface area contributed by atoms with Gasteiger partial charge in [0.2, 0.25) is 0 Å². The maximum absolute atomic E-state index is 11.9. The summed E-state index contributed by atoms with van der Waals surface area (Å²) >= 11 is 0. The van der Waals surface area contributed by atoms with Crippen molar-refractivity contribution < 1.29 is 19.4 Å². The van der Waals surface area contributed by atoms with Gasteiger partial charge in [0.25, 0.3) is 0 Å². The van der Waals surface area contributed by atoms with Crippen LogP contribution < -0.4 is 4.90 Å². The molecule has 120 valence electrons. The van der Waals surface area contributed by atoms with Crippen molar-refractivity contribution in [2.75, 3.05) is 25.2 Å². The molecular weight excluding hydrogens is 282 g/mol. The minimum absolute atomic E-state index is 0.132. The molecule has 1 aromatic rings. The third-order valence-corrected chi connectivity index (χ3v) is 4.60. The third kappa shape index (κ3) is 3.25. The summed E-state index contributed by atoms with van der Waals surface area (Å²) < 4.78 is 10.3. The van der Waals surface area contributed by atoms with Crippen molar-refractivity contribution in [2.45, 2.75) is 43.8 Å². The summed E-state index contributed by atoms with van der Waals surface area (Å²) in [7, 11) is 1.60. The zero-order valence-corrected chi connectivity index (χ0v) is 12.9. The van der Waals surface area contributed by atoms with Gasteiger partial charge < -0.3 is 14.6 Å². The number of rotatable bonds is 4. The van der Waals surface area contributed by atoms with Gasteiger partial charge in [-0.05, 0) is 49.3 Å². The molecule has 1 saturated heterocycles. The Balaban J connectivity index is 1.65. The second-order valence-electron chi connectivity index (χ2n) is 6.17. The molecule has 1 aliphatic carbocycles. The number of hydrogen-bond donors (Lipinski definition) is 1. The Bertz CT molecular complexity index is 508. The number of ether oxygens (including phenoxy) is 2. The highest BCUT2D eigenvalue weighted by Crippen LogP contribution is 2.34. The van der Waals surface area contributed by atoms with E-state index in [-0.39, 0.29) is 18.3 Å². The number of carbonyl (C=O) groups excluding carboxylic acids is 1. The van der Waals surface area contributed by atoms with E-state index in [9.17, 15) is 9.90 Å². The Morgan fingerprint density at radius 1 is 1.23 bits per heavy atom. The smallest absolute Gasteiger partial charge is 0.414 e. The predicted molar refractivity (Wildman–Crippen MR) is 83.1 cm³/mol. The minimum Gasteiger partial charge on any atom is -0.441 e. The standard InChI is InChI=1S/C17H23NO4/c1-21-11-16-10-18(17(20)22-16)14-6-2-12(3-7-14)13-4-8-15(19)9-5-13/h2-3,6-7,13,15-16,19H,4-5,8-11H2,1H3/t13?,15?,16-/m1/s1. The van der Waals surface area contributed by atoms with Crippen LogP contribution in [0, 0.1) is 0 Å². The molecule has 0 spiro atoms. The van der Waals surface area contributed by atoms with E-state index < -0.39 is 0 Å². The second kappa shape index (κ2) is 6.67. The van der Waals surface area contributed by atoms with Crippen LogP contribution in [0.4, 0.5) is 10.5 Å². The van der Waals surface area contributed by atoms with Crippen LogP contribution in [-0.4, -0.2) is 43.7 Å². The summed E-state index contributed by atoms with van der Waals surface area (Å²) in [5.41, 5.74) is 2.15. The van der Waals surface area contributed by atoms with Gasteiger partial charge in [0.15, 0.2) is 0 Å². The average Bonchev–Trinajstić information content (AvgIpc) is 2.89. The molecule has 0 unspecified atom stereocenters. The molecule has 1 amide bonds. The van der Waals surface area contributed by atoms with E-state index >= 15 is 0 Å². The number of aliphatic hydroxyl groups excluding tert-OH is 1. The minimum atomic E-state index is -0.310. The molecule has 0 bridgehead atoms. The van der Waals surface area contributed by atoms with E-state index in [1.54, 1.807) is 12.0 Å². The van der Waals surface area contributed by atoms with Crippen LogP contribution in [0.2, 0.25) is 0 Å². The van der Waals surface area contributed by atoms with Crippen molar-refractivity contribution in [3.8, 4) is 0 Å². The van der Waals surface area contributed by atoms with Crippen molar-refractivity contribution >= 4 is 11.8 Å². The van der Waals surface area contributed by atoms with Gasteiger partial charge in [-0.15, -0.1) is 0 Å². The molecule has 1 aromatic carbocycles. The lowest BCUT2D eigenvalue weighted by Gasteiger charge is -2.26. The third-order valence-electron chi connectivity index (χ3n) is 4.60. The lowest BCUT2D eigenvalue weighted by atomic mass is 9.83. The molecule has 2 fully saturated rings. The van der Waals surface area contributed by atoms with Gasteiger partial charge in [0, 0.05) is 12.8 Å². The summed E-state index contributed by atoms with van der Waals surface area (Å²) in [5.74, 6) is 0.518. The van der Waals surface area contributed by atoms with Gasteiger partial charge >= 0.3 is 6.09 Å². The van der Waals surface area contributed by atoms with Crippen LogP contribution in [0.3, 0.4) is 0 Å². The Morgan fingerprint density at radius 2 is 1.91 bits per heavy atom. The Labute approximate surface area is 130 Å². The second-order valence-corrected chi connectivity index (χ2v) is 6.17. The molecule has 1 aliphatic heterocycles. The Hall–Kier alpha value is -1.59. The van der Waals surface area contributed by atoms with Crippen LogP contribution in [0.1, 0.15) is 37.2 Å². The SMILES string of the molecule is COC[C@H]1CN(c2ccc(C3CCC(O)CC3)cc2)C(=O)O1. The highest BCUT2D eigenvalue weighted by atomic mass is 16.6. The molecule has 22 heavy (non-hydrogen) atoms. The lowest BCUT2D eigenvalue weighted by molar-refractivity contribution is 0.0718. The number of cyclic esters (lactones) is 1. The van der Waals surface area contributed by atoms with Crippen LogP contribution in [-0.2, 0) is 9.47 Å². The first-order valence-electron chi connectivity index (χ1n) is 7.92. The summed E-state index contributed by atoms with van der Waals surface area (Å²) in [4.78, 5) is 13.6. The van der Waals surface area contributed by atoms with E-state index in [1.807, 2.05) is 12.1 Å². The van der Waals surface area contributed by atoms with Crippen LogP contribution in [0.15, 0.2) is 24.3 Å². The van der Waals surface area contributed by atoms with Gasteiger partial charge in [-0.25, -0.2) is 4.79 Å². The molecule has 3 rings (SSSR count). The molecule has 5 nitrogen and oxygen atoms in total. The Kier molecular flexibility index (Phi) is 4.64. The zero-order chi connectivity index (χ0) is 15.5. The number of anilines is 1. The Morgan fingerprint density at radius 3 is 2.55 bits per heavy atom. The van der Waals surface area contributed by atoms with Crippen molar-refractivity contribution in [2.24, 2.45) is 0 Å². The molecule has 0 radical (unpaired) electrons. The van der Waals surface area contributed by atoms with Crippen molar-refractivity contribution in [3.05, 3.63) is 29.8 Å². The van der Waals surface area contributed by atoms with E-state index in [0.29, 0.717) is 19.1 Å². The van der Waals surface area contributed by atoms with Crippen LogP contribution >= 0.6 is 0 Å². The largest absolute Gasteiger partial charge is 0.441 e. The zero-order valence-electron chi connectivity index (χ0n) is 12.9. The first kappa shape index (κ1) is 15.3. The molecule has 2 aliphatic rings. The summed E-state index contributed by atoms with van der Waals surface area (Å²) in [6.07, 6.45) is 3.18. The summed E-state index contributed by atoms with van der Waals surface area (Å²) in [6, 6.07) is 8.15. The molecule has 1 heterocycles. The van der Waals surface area contributed by atoms with E-state index in [0.717, 1.165) is 31.4 Å². The maximum Gasteiger partial charge on any atom is 0.414 e. The fourth-order valence-electron chi connectivity index (χ4n) is 3.34. The lowest BCUT2D eigenvalue weighted by Crippen LogP contribution is -2.25. The molecule has 0 aromatic heterocycles. The molecule has 1 N–H and O–H groups in total. The molecule has 1 atom stereocenters. The van der Waals surface area contributed by atoms with Crippen molar-refractivity contribution in [1.29, 1.82) is 0 Å². The number of benzene rings is 1. The quantitative estimate of drug-likeness (QED) is 0.929. The average molecular weight is 305 g/mol. The maximum atomic E-state index is 11.9. The fraction of sp³-hybridized carbons (Fsp3) is 0.588. The van der Waals surface area contributed by atoms with Gasteiger partial charge in [-0.2, -0.15) is 0 Å². The van der Waals surface area contributed by atoms with Crippen LogP contribution in [0.5, 0.6) is 0 Å². The monoisotopic (exact) mass is 305 g/mol. The highest BCUT2D eigenvalue weighted by Gasteiger charge is 2.32. The van der Waals surface area contributed by atoms with E-state index in [4.69, 9.17) is 9.47 Å². The normalized spacial score (nSPS) is 28.7. The number of hydrogen-bond acceptors (Lipinski definition) is 4. The van der Waals surface area contributed by atoms with Crippen molar-refractivity contribution in [3.63, 3.8) is 0 Å². The van der Waals surface area contributed by atoms with E-state index in [2.05, 4.69) is 12.1 Å². The number of methoxy groups -OCH3 is 1. The van der Waals surface area contributed by atoms with Gasteiger partial charge in [-0.3, -0.25) is 4.90 Å². The number of aliphatic hydroxyl groups is 1. The first-order valence-corrected chi connectivity index (χ1v) is 7.92. The summed E-state index contributed by atoms with van der Waals surface area (Å²) in [5, 5.41) is 9.59. The topological polar surface area (TPSA) is 59.0 Å². The van der Waals surface area contributed by atoms with Gasteiger partial charge in [0.1, 0.15) is 6.10 Å². The molecular formula is C17H23NO4. The molecule has 5 heteroatoms.